The molecule has 1 unspecified atom stereocenters. The van der Waals surface area contributed by atoms with Crippen LogP contribution < -0.4 is 0 Å². The average Bonchev–Trinajstić information content (AvgIpc) is 2.65. The van der Waals surface area contributed by atoms with Gasteiger partial charge >= 0.3 is 0 Å². The minimum absolute atomic E-state index is 0.449. The third-order valence-corrected chi connectivity index (χ3v) is 5.08. The number of benzene rings is 1. The van der Waals surface area contributed by atoms with Crippen LogP contribution in [0, 0.1) is 0 Å². The molecule has 2 aliphatic rings. The molecule has 1 aromatic carbocycles. The van der Waals surface area contributed by atoms with Crippen LogP contribution in [0.25, 0.3) is 0 Å². The first-order valence-electron chi connectivity index (χ1n) is 8.87. The highest BCUT2D eigenvalue weighted by atomic mass is 16.5. The minimum atomic E-state index is -0.449. The van der Waals surface area contributed by atoms with Crippen LogP contribution in [0.1, 0.15) is 18.1 Å². The molecule has 1 atom stereocenters. The van der Waals surface area contributed by atoms with Gasteiger partial charge in [0.1, 0.15) is 6.29 Å². The molecule has 0 aromatic heterocycles. The normalized spacial score (nSPS) is 22.9. The van der Waals surface area contributed by atoms with Crippen molar-refractivity contribution in [1.29, 1.82) is 0 Å². The molecule has 0 saturated carbocycles. The van der Waals surface area contributed by atoms with Crippen molar-refractivity contribution in [3.05, 3.63) is 35.4 Å². The van der Waals surface area contributed by atoms with E-state index in [2.05, 4.69) is 34.1 Å². The maximum atomic E-state index is 11.8. The highest BCUT2D eigenvalue weighted by Crippen LogP contribution is 2.21. The number of morpholine rings is 2. The summed E-state index contributed by atoms with van der Waals surface area (Å²) in [5, 5.41) is 0. The van der Waals surface area contributed by atoms with Gasteiger partial charge in [-0.15, -0.1) is 0 Å². The van der Waals surface area contributed by atoms with Crippen LogP contribution in [0.3, 0.4) is 0 Å². The van der Waals surface area contributed by atoms with Crippen molar-refractivity contribution >= 4 is 6.29 Å². The van der Waals surface area contributed by atoms with Gasteiger partial charge in [0.05, 0.1) is 32.0 Å². The third kappa shape index (κ3) is 4.42. The number of aldehydes is 1. The van der Waals surface area contributed by atoms with E-state index in [0.717, 1.165) is 58.6 Å². The number of rotatable bonds is 6. The Labute approximate surface area is 144 Å². The summed E-state index contributed by atoms with van der Waals surface area (Å²) in [7, 11) is 0. The Morgan fingerprint density at radius 1 is 0.958 bits per heavy atom. The number of hydrogen-bond acceptors (Lipinski definition) is 5. The molecule has 2 aliphatic heterocycles. The number of nitrogens with zero attached hydrogens (tertiary/aromatic N) is 2. The summed E-state index contributed by atoms with van der Waals surface area (Å²) in [4.78, 5) is 16.4. The van der Waals surface area contributed by atoms with Crippen molar-refractivity contribution in [2.45, 2.75) is 25.4 Å². The van der Waals surface area contributed by atoms with Gasteiger partial charge in [0.2, 0.25) is 0 Å². The van der Waals surface area contributed by atoms with E-state index in [9.17, 15) is 4.79 Å². The molecule has 3 rings (SSSR count). The van der Waals surface area contributed by atoms with Gasteiger partial charge in [-0.05, 0) is 24.5 Å². The maximum Gasteiger partial charge on any atom is 0.140 e. The zero-order valence-corrected chi connectivity index (χ0v) is 14.6. The molecule has 0 radical (unpaired) electrons. The van der Waals surface area contributed by atoms with Crippen molar-refractivity contribution in [2.75, 3.05) is 52.6 Å². The van der Waals surface area contributed by atoms with Crippen LogP contribution in [0.4, 0.5) is 0 Å². The zero-order valence-electron chi connectivity index (χ0n) is 14.6. The topological polar surface area (TPSA) is 42.0 Å². The molecule has 24 heavy (non-hydrogen) atoms. The second kappa shape index (κ2) is 8.21. The van der Waals surface area contributed by atoms with Crippen LogP contribution in [0.2, 0.25) is 0 Å². The first kappa shape index (κ1) is 17.5. The summed E-state index contributed by atoms with van der Waals surface area (Å²) < 4.78 is 10.8. The predicted octanol–water partition coefficient (Wildman–Crippen LogP) is 1.35. The van der Waals surface area contributed by atoms with E-state index in [1.54, 1.807) is 0 Å². The molecule has 2 heterocycles. The van der Waals surface area contributed by atoms with E-state index in [-0.39, 0.29) is 0 Å². The molecular formula is C19H28N2O3. The minimum Gasteiger partial charge on any atom is -0.379 e. The van der Waals surface area contributed by atoms with E-state index in [1.807, 2.05) is 6.92 Å². The van der Waals surface area contributed by atoms with Gasteiger partial charge in [-0.3, -0.25) is 9.80 Å². The Balaban J connectivity index is 1.60. The Morgan fingerprint density at radius 2 is 1.50 bits per heavy atom. The Bertz CT molecular complexity index is 522. The predicted molar refractivity (Wildman–Crippen MR) is 93.1 cm³/mol. The highest BCUT2D eigenvalue weighted by Gasteiger charge is 2.32. The van der Waals surface area contributed by atoms with E-state index >= 15 is 0 Å². The summed E-state index contributed by atoms with van der Waals surface area (Å²) in [6, 6.07) is 8.71. The molecular weight excluding hydrogens is 304 g/mol. The number of carbonyl (C=O) groups is 1. The quantitative estimate of drug-likeness (QED) is 0.736. The summed E-state index contributed by atoms with van der Waals surface area (Å²) in [6.07, 6.45) is 1.84. The SMILES string of the molecule is CC(C=O)(Cc1ccc(CN2CCOCC2)cc1)N1CCOCC1. The van der Waals surface area contributed by atoms with Gasteiger partial charge in [0, 0.05) is 32.7 Å². The summed E-state index contributed by atoms with van der Waals surface area (Å²) in [6.45, 7) is 9.73. The van der Waals surface area contributed by atoms with Crippen molar-refractivity contribution in [3.63, 3.8) is 0 Å². The molecule has 0 bridgehead atoms. The molecule has 2 saturated heterocycles. The summed E-state index contributed by atoms with van der Waals surface area (Å²) in [5.41, 5.74) is 2.08. The van der Waals surface area contributed by atoms with Crippen LogP contribution in [-0.2, 0) is 27.2 Å². The zero-order chi connectivity index (χ0) is 16.8. The number of carbonyl (C=O) groups excluding carboxylic acids is 1. The molecule has 2 fully saturated rings. The first-order chi connectivity index (χ1) is 11.7. The van der Waals surface area contributed by atoms with Crippen molar-refractivity contribution in [3.8, 4) is 0 Å². The average molecular weight is 332 g/mol. The molecule has 0 spiro atoms. The van der Waals surface area contributed by atoms with Crippen LogP contribution in [-0.4, -0.2) is 74.2 Å². The Morgan fingerprint density at radius 3 is 2.08 bits per heavy atom. The smallest absolute Gasteiger partial charge is 0.140 e. The second-order valence-corrected chi connectivity index (χ2v) is 6.96. The highest BCUT2D eigenvalue weighted by molar-refractivity contribution is 5.64. The molecule has 1 aromatic rings. The number of ether oxygens (including phenoxy) is 2. The van der Waals surface area contributed by atoms with Crippen molar-refractivity contribution in [2.24, 2.45) is 0 Å². The van der Waals surface area contributed by atoms with E-state index in [1.165, 1.54) is 11.1 Å². The van der Waals surface area contributed by atoms with Gasteiger partial charge in [-0.25, -0.2) is 0 Å². The standard InChI is InChI=1S/C19H28N2O3/c1-19(16-22,21-8-12-24-13-9-21)14-17-2-4-18(5-3-17)15-20-6-10-23-11-7-20/h2-5,16H,6-15H2,1H3. The molecule has 0 aliphatic carbocycles. The molecule has 0 amide bonds. The molecule has 5 heteroatoms. The fourth-order valence-electron chi connectivity index (χ4n) is 3.50. The molecule has 0 N–H and O–H groups in total. The third-order valence-electron chi connectivity index (χ3n) is 5.08. The van der Waals surface area contributed by atoms with E-state index < -0.39 is 5.54 Å². The molecule has 132 valence electrons. The Hall–Kier alpha value is -1.27. The van der Waals surface area contributed by atoms with Crippen molar-refractivity contribution in [1.82, 2.24) is 9.80 Å². The number of hydrogen-bond donors (Lipinski definition) is 0. The largest absolute Gasteiger partial charge is 0.379 e. The summed E-state index contributed by atoms with van der Waals surface area (Å²) >= 11 is 0. The van der Waals surface area contributed by atoms with Gasteiger partial charge < -0.3 is 14.3 Å². The Kier molecular flexibility index (Phi) is 6.00. The van der Waals surface area contributed by atoms with Crippen molar-refractivity contribution < 1.29 is 14.3 Å². The van der Waals surface area contributed by atoms with E-state index in [4.69, 9.17) is 9.47 Å². The lowest BCUT2D eigenvalue weighted by atomic mass is 9.91. The van der Waals surface area contributed by atoms with Gasteiger partial charge in [-0.2, -0.15) is 0 Å². The van der Waals surface area contributed by atoms with Gasteiger partial charge in [0.25, 0.3) is 0 Å². The van der Waals surface area contributed by atoms with Gasteiger partial charge in [0.15, 0.2) is 0 Å². The lowest BCUT2D eigenvalue weighted by molar-refractivity contribution is -0.120. The fourth-order valence-corrected chi connectivity index (χ4v) is 3.50. The first-order valence-corrected chi connectivity index (χ1v) is 8.87. The van der Waals surface area contributed by atoms with Crippen LogP contribution in [0.15, 0.2) is 24.3 Å². The maximum absolute atomic E-state index is 11.8. The summed E-state index contributed by atoms with van der Waals surface area (Å²) in [5.74, 6) is 0. The lowest BCUT2D eigenvalue weighted by Crippen LogP contribution is -2.54. The monoisotopic (exact) mass is 332 g/mol. The van der Waals surface area contributed by atoms with Gasteiger partial charge in [-0.1, -0.05) is 24.3 Å². The van der Waals surface area contributed by atoms with Crippen LogP contribution >= 0.6 is 0 Å². The lowest BCUT2D eigenvalue weighted by Gasteiger charge is -2.39. The molecule has 5 nitrogen and oxygen atoms in total. The van der Waals surface area contributed by atoms with E-state index in [0.29, 0.717) is 13.2 Å². The fraction of sp³-hybridized carbons (Fsp3) is 0.632. The van der Waals surface area contributed by atoms with Crippen LogP contribution in [0.5, 0.6) is 0 Å². The second-order valence-electron chi connectivity index (χ2n) is 6.96.